The van der Waals surface area contributed by atoms with E-state index in [1.54, 1.807) is 6.07 Å². The summed E-state index contributed by atoms with van der Waals surface area (Å²) in [4.78, 5) is 1.93. The Morgan fingerprint density at radius 1 is 1.21 bits per heavy atom. The lowest BCUT2D eigenvalue weighted by atomic mass is 10.1. The predicted octanol–water partition coefficient (Wildman–Crippen LogP) is 3.52. The Hall–Kier alpha value is -1.68. The molecule has 1 aromatic carbocycles. The number of nitrogens with zero attached hydrogens (tertiary/aromatic N) is 3. The minimum atomic E-state index is -0.235. The topological polar surface area (TPSA) is 29.0 Å². The van der Waals surface area contributed by atoms with Crippen LogP contribution in [0.2, 0.25) is 5.15 Å². The van der Waals surface area contributed by atoms with Gasteiger partial charge in [-0.3, -0.25) is 0 Å². The van der Waals surface area contributed by atoms with Crippen LogP contribution in [0.4, 0.5) is 10.2 Å². The van der Waals surface area contributed by atoms with Gasteiger partial charge in [0.15, 0.2) is 11.0 Å². The molecule has 0 aliphatic heterocycles. The molecule has 0 unspecified atom stereocenters. The van der Waals surface area contributed by atoms with E-state index < -0.39 is 0 Å². The molecule has 0 atom stereocenters. The fourth-order valence-corrected chi connectivity index (χ4v) is 2.09. The summed E-state index contributed by atoms with van der Waals surface area (Å²) >= 11 is 5.93. The molecule has 0 spiro atoms. The van der Waals surface area contributed by atoms with Crippen molar-refractivity contribution in [3.05, 3.63) is 51.9 Å². The SMILES string of the molecule is Cc1c(Cl)nnc(N(C)Cc2cccc(F)c2)c1C. The number of halogens is 2. The average Bonchev–Trinajstić information content (AvgIpc) is 2.36. The van der Waals surface area contributed by atoms with Crippen LogP contribution >= 0.6 is 11.6 Å². The van der Waals surface area contributed by atoms with Crippen LogP contribution in [0.1, 0.15) is 16.7 Å². The van der Waals surface area contributed by atoms with E-state index in [2.05, 4.69) is 10.2 Å². The Bertz CT molecular complexity index is 601. The summed E-state index contributed by atoms with van der Waals surface area (Å²) < 4.78 is 13.2. The Balaban J connectivity index is 2.25. The molecule has 0 aliphatic rings. The molecule has 0 aliphatic carbocycles. The van der Waals surface area contributed by atoms with E-state index >= 15 is 0 Å². The van der Waals surface area contributed by atoms with Crippen LogP contribution in [0.3, 0.4) is 0 Å². The van der Waals surface area contributed by atoms with Gasteiger partial charge >= 0.3 is 0 Å². The van der Waals surface area contributed by atoms with E-state index in [0.29, 0.717) is 11.7 Å². The van der Waals surface area contributed by atoms with Crippen molar-refractivity contribution in [2.24, 2.45) is 0 Å². The zero-order valence-electron chi connectivity index (χ0n) is 11.1. The maximum atomic E-state index is 13.2. The Labute approximate surface area is 117 Å². The highest BCUT2D eigenvalue weighted by Crippen LogP contribution is 2.24. The summed E-state index contributed by atoms with van der Waals surface area (Å²) in [5.41, 5.74) is 2.79. The van der Waals surface area contributed by atoms with E-state index in [1.165, 1.54) is 12.1 Å². The zero-order valence-corrected chi connectivity index (χ0v) is 11.9. The highest BCUT2D eigenvalue weighted by atomic mass is 35.5. The minimum Gasteiger partial charge on any atom is -0.354 e. The highest BCUT2D eigenvalue weighted by Gasteiger charge is 2.12. The van der Waals surface area contributed by atoms with Crippen molar-refractivity contribution in [3.8, 4) is 0 Å². The van der Waals surface area contributed by atoms with Gasteiger partial charge in [-0.25, -0.2) is 4.39 Å². The van der Waals surface area contributed by atoms with Crippen LogP contribution in [0.25, 0.3) is 0 Å². The first kappa shape index (κ1) is 13.7. The third-order valence-corrected chi connectivity index (χ3v) is 3.47. The van der Waals surface area contributed by atoms with E-state index in [1.807, 2.05) is 31.9 Å². The van der Waals surface area contributed by atoms with Crippen molar-refractivity contribution in [2.75, 3.05) is 11.9 Å². The van der Waals surface area contributed by atoms with Crippen LogP contribution in [-0.4, -0.2) is 17.2 Å². The summed E-state index contributed by atoms with van der Waals surface area (Å²) in [5, 5.41) is 8.44. The first-order valence-electron chi connectivity index (χ1n) is 5.94. The molecule has 1 aromatic heterocycles. The van der Waals surface area contributed by atoms with Crippen molar-refractivity contribution in [1.82, 2.24) is 10.2 Å². The molecule has 0 amide bonds. The van der Waals surface area contributed by atoms with Gasteiger partial charge in [0.1, 0.15) is 5.82 Å². The summed E-state index contributed by atoms with van der Waals surface area (Å²) in [6.45, 7) is 4.42. The third-order valence-electron chi connectivity index (χ3n) is 3.11. The predicted molar refractivity (Wildman–Crippen MR) is 75.0 cm³/mol. The highest BCUT2D eigenvalue weighted by molar-refractivity contribution is 6.30. The Morgan fingerprint density at radius 2 is 1.95 bits per heavy atom. The molecule has 0 saturated carbocycles. The molecule has 2 aromatic rings. The molecule has 0 fully saturated rings. The molecule has 0 radical (unpaired) electrons. The van der Waals surface area contributed by atoms with Crippen molar-refractivity contribution in [3.63, 3.8) is 0 Å². The molecular formula is C14H15ClFN3. The average molecular weight is 280 g/mol. The number of hydrogen-bond acceptors (Lipinski definition) is 3. The number of benzene rings is 1. The molecule has 2 rings (SSSR count). The number of rotatable bonds is 3. The van der Waals surface area contributed by atoms with Crippen LogP contribution in [0.15, 0.2) is 24.3 Å². The van der Waals surface area contributed by atoms with Crippen LogP contribution in [0.5, 0.6) is 0 Å². The van der Waals surface area contributed by atoms with Gasteiger partial charge in [-0.2, -0.15) is 0 Å². The molecule has 5 heteroatoms. The second kappa shape index (κ2) is 5.53. The maximum absolute atomic E-state index is 13.2. The Kier molecular flexibility index (Phi) is 4.00. The number of aromatic nitrogens is 2. The summed E-state index contributed by atoms with van der Waals surface area (Å²) in [6.07, 6.45) is 0. The second-order valence-electron chi connectivity index (χ2n) is 4.55. The van der Waals surface area contributed by atoms with Crippen molar-refractivity contribution in [2.45, 2.75) is 20.4 Å². The van der Waals surface area contributed by atoms with Gasteiger partial charge < -0.3 is 4.90 Å². The largest absolute Gasteiger partial charge is 0.354 e. The molecule has 0 bridgehead atoms. The molecule has 100 valence electrons. The van der Waals surface area contributed by atoms with Gasteiger partial charge in [0, 0.05) is 13.6 Å². The second-order valence-corrected chi connectivity index (χ2v) is 4.91. The molecule has 3 nitrogen and oxygen atoms in total. The van der Waals surface area contributed by atoms with Crippen molar-refractivity contribution in [1.29, 1.82) is 0 Å². The fraction of sp³-hybridized carbons (Fsp3) is 0.286. The smallest absolute Gasteiger partial charge is 0.155 e. The molecule has 1 heterocycles. The van der Waals surface area contributed by atoms with E-state index in [0.717, 1.165) is 22.5 Å². The van der Waals surface area contributed by atoms with Gasteiger partial charge in [-0.1, -0.05) is 23.7 Å². The monoisotopic (exact) mass is 279 g/mol. The summed E-state index contributed by atoms with van der Waals surface area (Å²) in [5.74, 6) is 0.521. The quantitative estimate of drug-likeness (QED) is 0.861. The van der Waals surface area contributed by atoms with Crippen LogP contribution in [0, 0.1) is 19.7 Å². The van der Waals surface area contributed by atoms with Gasteiger partial charge in [0.25, 0.3) is 0 Å². The van der Waals surface area contributed by atoms with Crippen molar-refractivity contribution >= 4 is 17.4 Å². The Morgan fingerprint density at radius 3 is 2.63 bits per heavy atom. The summed E-state index contributed by atoms with van der Waals surface area (Å²) in [6, 6.07) is 6.53. The standard InChI is InChI=1S/C14H15ClFN3/c1-9-10(2)14(18-17-13(9)15)19(3)8-11-5-4-6-12(16)7-11/h4-7H,8H2,1-3H3. The van der Waals surface area contributed by atoms with E-state index in [4.69, 9.17) is 11.6 Å². The van der Waals surface area contributed by atoms with E-state index in [-0.39, 0.29) is 5.82 Å². The molecule has 0 N–H and O–H groups in total. The molecule has 19 heavy (non-hydrogen) atoms. The van der Waals surface area contributed by atoms with E-state index in [9.17, 15) is 4.39 Å². The lowest BCUT2D eigenvalue weighted by Crippen LogP contribution is -2.20. The third kappa shape index (κ3) is 3.01. The lowest BCUT2D eigenvalue weighted by Gasteiger charge is -2.20. The summed E-state index contributed by atoms with van der Waals surface area (Å²) in [7, 11) is 1.90. The maximum Gasteiger partial charge on any atom is 0.155 e. The fourth-order valence-electron chi connectivity index (χ4n) is 1.91. The van der Waals surface area contributed by atoms with Crippen LogP contribution in [-0.2, 0) is 6.54 Å². The molecule has 0 saturated heterocycles. The molecular weight excluding hydrogens is 265 g/mol. The van der Waals surface area contributed by atoms with Gasteiger partial charge in [-0.15, -0.1) is 10.2 Å². The van der Waals surface area contributed by atoms with Crippen LogP contribution < -0.4 is 4.90 Å². The number of anilines is 1. The first-order chi connectivity index (χ1) is 8.99. The first-order valence-corrected chi connectivity index (χ1v) is 6.32. The van der Waals surface area contributed by atoms with Gasteiger partial charge in [0.2, 0.25) is 0 Å². The normalized spacial score (nSPS) is 10.6. The number of hydrogen-bond donors (Lipinski definition) is 0. The van der Waals surface area contributed by atoms with Gasteiger partial charge in [0.05, 0.1) is 0 Å². The zero-order chi connectivity index (χ0) is 14.0. The lowest BCUT2D eigenvalue weighted by molar-refractivity contribution is 0.625. The minimum absolute atomic E-state index is 0.235. The van der Waals surface area contributed by atoms with Gasteiger partial charge in [-0.05, 0) is 42.7 Å². The van der Waals surface area contributed by atoms with Crippen molar-refractivity contribution < 1.29 is 4.39 Å².